The van der Waals surface area contributed by atoms with Crippen LogP contribution in [0.5, 0.6) is 0 Å². The summed E-state index contributed by atoms with van der Waals surface area (Å²) in [4.78, 5) is 0. The van der Waals surface area contributed by atoms with Crippen LogP contribution in [0.3, 0.4) is 0 Å². The largest absolute Gasteiger partial charge is 0.381 e. The smallest absolute Gasteiger partial charge is 0.117 e. The van der Waals surface area contributed by atoms with Crippen LogP contribution in [-0.2, 0) is 4.74 Å². The third-order valence-electron chi connectivity index (χ3n) is 1.99. The van der Waals surface area contributed by atoms with Crippen LogP contribution in [0, 0.1) is 5.92 Å². The van der Waals surface area contributed by atoms with E-state index in [1.807, 2.05) is 0 Å². The van der Waals surface area contributed by atoms with Gasteiger partial charge in [-0.05, 0) is 12.3 Å². The van der Waals surface area contributed by atoms with Crippen molar-refractivity contribution in [3.05, 3.63) is 0 Å². The molecular formula is C8H20B2O. The van der Waals surface area contributed by atoms with Crippen LogP contribution in [0.25, 0.3) is 0 Å². The Morgan fingerprint density at radius 1 is 1.55 bits per heavy atom. The number of hydrogen-bond acceptors (Lipinski definition) is 1. The van der Waals surface area contributed by atoms with Crippen molar-refractivity contribution in [1.29, 1.82) is 0 Å². The monoisotopic (exact) mass is 154 g/mol. The quantitative estimate of drug-likeness (QED) is 0.392. The summed E-state index contributed by atoms with van der Waals surface area (Å²) in [6, 6.07) is 0. The van der Waals surface area contributed by atoms with E-state index in [-0.39, 0.29) is 0 Å². The summed E-state index contributed by atoms with van der Waals surface area (Å²) in [5.74, 6) is 0.733. The molecule has 0 aliphatic carbocycles. The lowest BCUT2D eigenvalue weighted by Crippen LogP contribution is -2.06. The van der Waals surface area contributed by atoms with Crippen LogP contribution < -0.4 is 0 Å². The van der Waals surface area contributed by atoms with Crippen molar-refractivity contribution in [1.82, 2.24) is 0 Å². The van der Waals surface area contributed by atoms with Crippen LogP contribution in [0.4, 0.5) is 0 Å². The molecule has 0 aromatic rings. The van der Waals surface area contributed by atoms with Gasteiger partial charge in [-0.2, -0.15) is 0 Å². The fraction of sp³-hybridized carbons (Fsp3) is 1.00. The maximum absolute atomic E-state index is 5.49. The molecule has 0 saturated carbocycles. The Balaban J connectivity index is 2.89. The molecule has 0 amide bonds. The second-order valence-corrected chi connectivity index (χ2v) is 3.30. The van der Waals surface area contributed by atoms with E-state index >= 15 is 0 Å². The number of ether oxygens (including phenoxy) is 1. The average molecular weight is 154 g/mol. The van der Waals surface area contributed by atoms with E-state index in [9.17, 15) is 0 Å². The normalized spacial score (nSPS) is 12.9. The summed E-state index contributed by atoms with van der Waals surface area (Å²) in [5, 5.41) is 0. The van der Waals surface area contributed by atoms with Crippen LogP contribution in [0.15, 0.2) is 0 Å². The second kappa shape index (κ2) is 8.19. The average Bonchev–Trinajstić information content (AvgIpc) is 2.04. The van der Waals surface area contributed by atoms with E-state index in [0.717, 1.165) is 19.1 Å². The Morgan fingerprint density at radius 2 is 2.27 bits per heavy atom. The zero-order chi connectivity index (χ0) is 8.53. The minimum atomic E-state index is 0.733. The summed E-state index contributed by atoms with van der Waals surface area (Å²) >= 11 is 0. The molecule has 3 heteroatoms. The Morgan fingerprint density at radius 3 is 2.82 bits per heavy atom. The van der Waals surface area contributed by atoms with Gasteiger partial charge in [-0.15, -0.1) is 0 Å². The molecular weight excluding hydrogens is 134 g/mol. The standard InChI is InChI=1S/C8H20B2O/c1-8(6-9)7-11-5-3-4-10-2/h8,10H,3-7,9H2,1-2H3. The highest BCUT2D eigenvalue weighted by atomic mass is 16.5. The minimum Gasteiger partial charge on any atom is -0.381 e. The summed E-state index contributed by atoms with van der Waals surface area (Å²) in [7, 11) is 3.49. The lowest BCUT2D eigenvalue weighted by atomic mass is 9.77. The first-order valence-corrected chi connectivity index (χ1v) is 4.89. The summed E-state index contributed by atoms with van der Waals surface area (Å²) in [6.45, 7) is 6.35. The maximum atomic E-state index is 5.49. The molecule has 0 aliphatic heterocycles. The van der Waals surface area contributed by atoms with E-state index in [4.69, 9.17) is 4.74 Å². The lowest BCUT2D eigenvalue weighted by Gasteiger charge is -2.08. The predicted octanol–water partition coefficient (Wildman–Crippen LogP) is 0.983. The molecule has 0 heterocycles. The molecule has 0 aromatic heterocycles. The number of hydrogen-bond donors (Lipinski definition) is 0. The molecule has 1 atom stereocenters. The first-order chi connectivity index (χ1) is 5.31. The molecule has 0 aliphatic rings. The van der Waals surface area contributed by atoms with E-state index in [1.165, 1.54) is 26.3 Å². The van der Waals surface area contributed by atoms with Crippen molar-refractivity contribution >= 4 is 15.1 Å². The first-order valence-electron chi connectivity index (χ1n) is 4.89. The Labute approximate surface area is 72.5 Å². The zero-order valence-corrected chi connectivity index (χ0v) is 8.23. The van der Waals surface area contributed by atoms with Crippen molar-refractivity contribution in [2.45, 2.75) is 32.8 Å². The zero-order valence-electron chi connectivity index (χ0n) is 8.23. The molecule has 0 aromatic carbocycles. The van der Waals surface area contributed by atoms with Crippen LogP contribution in [0.1, 0.15) is 13.3 Å². The van der Waals surface area contributed by atoms with Crippen molar-refractivity contribution in [3.8, 4) is 0 Å². The molecule has 1 nitrogen and oxygen atoms in total. The van der Waals surface area contributed by atoms with Gasteiger partial charge in [0.2, 0.25) is 0 Å². The van der Waals surface area contributed by atoms with Crippen LogP contribution in [0.2, 0.25) is 19.5 Å². The summed E-state index contributed by atoms with van der Waals surface area (Å²) < 4.78 is 5.49. The highest BCUT2D eigenvalue weighted by molar-refractivity contribution is 6.33. The molecule has 0 bridgehead atoms. The van der Waals surface area contributed by atoms with Crippen LogP contribution in [-0.4, -0.2) is 28.3 Å². The maximum Gasteiger partial charge on any atom is 0.117 e. The van der Waals surface area contributed by atoms with Gasteiger partial charge in [0.1, 0.15) is 15.1 Å². The van der Waals surface area contributed by atoms with Gasteiger partial charge in [0, 0.05) is 13.2 Å². The third-order valence-corrected chi connectivity index (χ3v) is 1.99. The van der Waals surface area contributed by atoms with E-state index in [2.05, 4.69) is 21.6 Å². The minimum absolute atomic E-state index is 0.733. The fourth-order valence-electron chi connectivity index (χ4n) is 0.856. The number of rotatable bonds is 7. The van der Waals surface area contributed by atoms with Gasteiger partial charge < -0.3 is 4.74 Å². The molecule has 0 saturated heterocycles. The van der Waals surface area contributed by atoms with Gasteiger partial charge in [-0.25, -0.2) is 0 Å². The molecule has 1 unspecified atom stereocenters. The van der Waals surface area contributed by atoms with E-state index in [0.29, 0.717) is 0 Å². The van der Waals surface area contributed by atoms with Gasteiger partial charge in [-0.3, -0.25) is 0 Å². The van der Waals surface area contributed by atoms with Crippen molar-refractivity contribution < 1.29 is 4.74 Å². The second-order valence-electron chi connectivity index (χ2n) is 3.30. The van der Waals surface area contributed by atoms with Gasteiger partial charge in [0.05, 0.1) is 0 Å². The first kappa shape index (κ1) is 11.1. The molecule has 0 fully saturated rings. The van der Waals surface area contributed by atoms with Gasteiger partial charge >= 0.3 is 0 Å². The summed E-state index contributed by atoms with van der Waals surface area (Å²) in [6.07, 6.45) is 3.77. The Kier molecular flexibility index (Phi) is 8.26. The highest BCUT2D eigenvalue weighted by Crippen LogP contribution is 2.00. The Bertz CT molecular complexity index is 78.5. The molecule has 0 radical (unpaired) electrons. The molecule has 0 spiro atoms. The van der Waals surface area contributed by atoms with Gasteiger partial charge in [-0.1, -0.05) is 26.4 Å². The lowest BCUT2D eigenvalue weighted by molar-refractivity contribution is 0.111. The van der Waals surface area contributed by atoms with Gasteiger partial charge in [0.25, 0.3) is 0 Å². The summed E-state index contributed by atoms with van der Waals surface area (Å²) in [5.41, 5.74) is 0. The molecule has 0 N–H and O–H groups in total. The fourth-order valence-corrected chi connectivity index (χ4v) is 0.856. The van der Waals surface area contributed by atoms with E-state index < -0.39 is 0 Å². The molecule has 0 rings (SSSR count). The highest BCUT2D eigenvalue weighted by Gasteiger charge is 1.97. The van der Waals surface area contributed by atoms with E-state index in [1.54, 1.807) is 0 Å². The predicted molar refractivity (Wildman–Crippen MR) is 55.8 cm³/mol. The molecule has 64 valence electrons. The molecule has 11 heavy (non-hydrogen) atoms. The topological polar surface area (TPSA) is 9.23 Å². The Hall–Kier alpha value is 0.0899. The van der Waals surface area contributed by atoms with Crippen molar-refractivity contribution in [2.24, 2.45) is 5.92 Å². The van der Waals surface area contributed by atoms with Crippen molar-refractivity contribution in [3.63, 3.8) is 0 Å². The van der Waals surface area contributed by atoms with Crippen molar-refractivity contribution in [2.75, 3.05) is 13.2 Å². The van der Waals surface area contributed by atoms with Gasteiger partial charge in [0.15, 0.2) is 0 Å². The van der Waals surface area contributed by atoms with Crippen LogP contribution >= 0.6 is 0 Å². The third kappa shape index (κ3) is 7.99. The SMILES string of the molecule is BCC(C)COCCCBC.